The van der Waals surface area contributed by atoms with E-state index in [-0.39, 0.29) is 35.8 Å². The molecular weight excluding hydrogens is 424 g/mol. The topological polar surface area (TPSA) is 195 Å². The van der Waals surface area contributed by atoms with Crippen molar-refractivity contribution >= 4 is 43.0 Å². The molecule has 0 heterocycles. The number of aryl methyl sites for hydroxylation is 1. The summed E-state index contributed by atoms with van der Waals surface area (Å²) in [4.78, 5) is -0.490. The molecule has 0 atom stereocenters. The fraction of sp³-hybridized carbons (Fsp3) is 0.250. The van der Waals surface area contributed by atoms with Crippen molar-refractivity contribution in [3.63, 3.8) is 0 Å². The lowest BCUT2D eigenvalue weighted by molar-refractivity contribution is 0.318. The van der Waals surface area contributed by atoms with Crippen LogP contribution in [0, 0.1) is 6.92 Å². The van der Waals surface area contributed by atoms with Gasteiger partial charge in [-0.25, -0.2) is 0 Å². The number of nitrogen functional groups attached to an aromatic ring is 2. The van der Waals surface area contributed by atoms with Crippen molar-refractivity contribution in [2.45, 2.75) is 18.2 Å². The highest BCUT2D eigenvalue weighted by Gasteiger charge is 2.16. The molecule has 0 saturated carbocycles. The Labute approximate surface area is 167 Å². The van der Waals surface area contributed by atoms with Crippen LogP contribution in [-0.4, -0.2) is 38.3 Å². The van der Waals surface area contributed by atoms with E-state index in [2.05, 4.69) is 10.2 Å². The third-order valence-corrected chi connectivity index (χ3v) is 5.35. The number of benzene rings is 2. The minimum absolute atomic E-state index is 0.0193. The van der Waals surface area contributed by atoms with Crippen LogP contribution in [0.1, 0.15) is 12.0 Å². The van der Waals surface area contributed by atoms with Crippen LogP contribution in [0.25, 0.3) is 0 Å². The zero-order valence-electron chi connectivity index (χ0n) is 15.3. The van der Waals surface area contributed by atoms with Crippen LogP contribution in [0.2, 0.25) is 0 Å². The molecule has 0 aliphatic rings. The molecule has 29 heavy (non-hydrogen) atoms. The highest BCUT2D eigenvalue weighted by atomic mass is 32.2. The predicted molar refractivity (Wildman–Crippen MR) is 107 cm³/mol. The van der Waals surface area contributed by atoms with Gasteiger partial charge in [-0.1, -0.05) is 0 Å². The van der Waals surface area contributed by atoms with E-state index in [4.69, 9.17) is 20.8 Å². The standard InChI is InChI=1S/C16H20N4O7S2/c1-10-7-12(18)15(27-5-2-6-28(21,22)23)9-14(10)20-19-13-4-3-11(17)8-16(13)29(24,25)26/h3-4,7-9H,2,5-6,17-18H2,1H3,(H,21,22,23)(H,24,25,26). The van der Waals surface area contributed by atoms with Crippen molar-refractivity contribution in [3.05, 3.63) is 35.9 Å². The highest BCUT2D eigenvalue weighted by Crippen LogP contribution is 2.33. The van der Waals surface area contributed by atoms with Gasteiger partial charge in [0.2, 0.25) is 0 Å². The van der Waals surface area contributed by atoms with Crippen LogP contribution in [0.3, 0.4) is 0 Å². The first-order valence-corrected chi connectivity index (χ1v) is 11.2. The molecule has 0 unspecified atom stereocenters. The average molecular weight is 444 g/mol. The number of hydrogen-bond acceptors (Lipinski definition) is 9. The fourth-order valence-corrected chi connectivity index (χ4v) is 3.42. The van der Waals surface area contributed by atoms with Crippen LogP contribution in [0.5, 0.6) is 5.75 Å². The van der Waals surface area contributed by atoms with Crippen molar-refractivity contribution in [2.75, 3.05) is 23.8 Å². The van der Waals surface area contributed by atoms with Gasteiger partial charge in [0.25, 0.3) is 20.2 Å². The summed E-state index contributed by atoms with van der Waals surface area (Å²) in [5.74, 6) is -0.242. The Morgan fingerprint density at radius 2 is 1.66 bits per heavy atom. The lowest BCUT2D eigenvalue weighted by atomic mass is 10.1. The summed E-state index contributed by atoms with van der Waals surface area (Å²) in [5.41, 5.74) is 12.6. The van der Waals surface area contributed by atoms with E-state index in [0.29, 0.717) is 11.3 Å². The van der Waals surface area contributed by atoms with Crippen molar-refractivity contribution in [1.29, 1.82) is 0 Å². The number of ether oxygens (including phenoxy) is 1. The number of rotatable bonds is 8. The molecule has 0 aliphatic carbocycles. The third-order valence-electron chi connectivity index (χ3n) is 3.66. The number of nitrogens with zero attached hydrogens (tertiary/aromatic N) is 2. The smallest absolute Gasteiger partial charge is 0.296 e. The van der Waals surface area contributed by atoms with E-state index < -0.39 is 30.9 Å². The van der Waals surface area contributed by atoms with Crippen molar-refractivity contribution in [1.82, 2.24) is 0 Å². The predicted octanol–water partition coefficient (Wildman–Crippen LogP) is 2.48. The SMILES string of the molecule is Cc1cc(N)c(OCCCS(=O)(=O)O)cc1N=Nc1ccc(N)cc1S(=O)(=O)O. The van der Waals surface area contributed by atoms with Gasteiger partial charge in [0.05, 0.1) is 23.7 Å². The normalized spacial score (nSPS) is 12.4. The van der Waals surface area contributed by atoms with Crippen LogP contribution in [-0.2, 0) is 20.2 Å². The number of hydrogen-bond donors (Lipinski definition) is 4. The summed E-state index contributed by atoms with van der Waals surface area (Å²) in [6, 6.07) is 6.76. The minimum Gasteiger partial charge on any atom is -0.491 e. The quantitative estimate of drug-likeness (QED) is 0.205. The van der Waals surface area contributed by atoms with Gasteiger partial charge in [0.1, 0.15) is 16.3 Å². The molecule has 2 aromatic rings. The van der Waals surface area contributed by atoms with Gasteiger partial charge in [-0.15, -0.1) is 5.11 Å². The van der Waals surface area contributed by atoms with Gasteiger partial charge in [-0.05, 0) is 43.2 Å². The van der Waals surface area contributed by atoms with Gasteiger partial charge >= 0.3 is 0 Å². The summed E-state index contributed by atoms with van der Waals surface area (Å²) >= 11 is 0. The van der Waals surface area contributed by atoms with Gasteiger partial charge in [-0.3, -0.25) is 9.11 Å². The Morgan fingerprint density at radius 1 is 1.00 bits per heavy atom. The minimum atomic E-state index is -4.56. The molecule has 0 spiro atoms. The first-order chi connectivity index (χ1) is 13.4. The van der Waals surface area contributed by atoms with Crippen LogP contribution >= 0.6 is 0 Å². The maximum absolute atomic E-state index is 11.5. The Bertz CT molecular complexity index is 1150. The first-order valence-electron chi connectivity index (χ1n) is 8.13. The third kappa shape index (κ3) is 6.67. The summed E-state index contributed by atoms with van der Waals surface area (Å²) in [6.07, 6.45) is 0.0478. The molecule has 0 fully saturated rings. The first kappa shape index (κ1) is 22.5. The molecule has 0 radical (unpaired) electrons. The van der Waals surface area contributed by atoms with Gasteiger partial charge in [0, 0.05) is 11.8 Å². The van der Waals surface area contributed by atoms with E-state index in [1.54, 1.807) is 13.0 Å². The maximum Gasteiger partial charge on any atom is 0.296 e. The largest absolute Gasteiger partial charge is 0.491 e. The molecule has 13 heteroatoms. The van der Waals surface area contributed by atoms with Crippen LogP contribution in [0.15, 0.2) is 45.5 Å². The monoisotopic (exact) mass is 444 g/mol. The lowest BCUT2D eigenvalue weighted by Crippen LogP contribution is -2.09. The molecule has 0 aliphatic heterocycles. The molecule has 6 N–H and O–H groups in total. The molecule has 0 saturated heterocycles. The molecule has 0 amide bonds. The van der Waals surface area contributed by atoms with Gasteiger partial charge in [-0.2, -0.15) is 21.9 Å². The van der Waals surface area contributed by atoms with Crippen molar-refractivity contribution in [3.8, 4) is 5.75 Å². The van der Waals surface area contributed by atoms with Gasteiger partial charge in [0.15, 0.2) is 0 Å². The van der Waals surface area contributed by atoms with Crippen molar-refractivity contribution < 1.29 is 30.7 Å². The van der Waals surface area contributed by atoms with Crippen LogP contribution in [0.4, 0.5) is 22.7 Å². The zero-order valence-corrected chi connectivity index (χ0v) is 16.9. The van der Waals surface area contributed by atoms with E-state index >= 15 is 0 Å². The van der Waals surface area contributed by atoms with Crippen LogP contribution < -0.4 is 16.2 Å². The molecule has 11 nitrogen and oxygen atoms in total. The average Bonchev–Trinajstić information content (AvgIpc) is 2.58. The van der Waals surface area contributed by atoms with E-state index in [0.717, 1.165) is 6.07 Å². The summed E-state index contributed by atoms with van der Waals surface area (Å²) in [6.45, 7) is 1.67. The second kappa shape index (κ2) is 8.73. The Balaban J connectivity index is 2.28. The Kier molecular flexibility index (Phi) is 6.79. The second-order valence-corrected chi connectivity index (χ2v) is 9.03. The molecular formula is C16H20N4O7S2. The van der Waals surface area contributed by atoms with Gasteiger partial charge < -0.3 is 16.2 Å². The maximum atomic E-state index is 11.5. The highest BCUT2D eigenvalue weighted by molar-refractivity contribution is 7.86. The van der Waals surface area contributed by atoms with Crippen molar-refractivity contribution in [2.24, 2.45) is 10.2 Å². The molecule has 0 aromatic heterocycles. The summed E-state index contributed by atoms with van der Waals surface area (Å²) in [5, 5.41) is 7.85. The van der Waals surface area contributed by atoms with E-state index in [1.165, 1.54) is 18.2 Å². The fourth-order valence-electron chi connectivity index (χ4n) is 2.28. The summed E-state index contributed by atoms with van der Waals surface area (Å²) in [7, 11) is -8.65. The number of nitrogens with two attached hydrogens (primary N) is 2. The zero-order chi connectivity index (χ0) is 21.8. The lowest BCUT2D eigenvalue weighted by Gasteiger charge is -2.11. The molecule has 2 aromatic carbocycles. The molecule has 2 rings (SSSR count). The Hall–Kier alpha value is -2.74. The van der Waals surface area contributed by atoms with E-state index in [1.807, 2.05) is 0 Å². The Morgan fingerprint density at radius 3 is 2.28 bits per heavy atom. The number of anilines is 2. The number of azo groups is 1. The second-order valence-electron chi connectivity index (χ2n) is 6.07. The molecule has 0 bridgehead atoms. The van der Waals surface area contributed by atoms with E-state index in [9.17, 15) is 21.4 Å². The molecule has 158 valence electrons. The summed E-state index contributed by atoms with van der Waals surface area (Å²) < 4.78 is 67.9.